The van der Waals surface area contributed by atoms with Gasteiger partial charge in [-0.25, -0.2) is 0 Å². The molecular formula is C21H23NO7. The van der Waals surface area contributed by atoms with Crippen LogP contribution in [0, 0.1) is 0 Å². The molecule has 0 spiro atoms. The third-order valence-corrected chi connectivity index (χ3v) is 4.02. The third-order valence-electron chi connectivity index (χ3n) is 4.02. The van der Waals surface area contributed by atoms with E-state index in [1.165, 1.54) is 55.5 Å². The number of amides is 1. The van der Waals surface area contributed by atoms with Crippen LogP contribution in [0.15, 0.2) is 42.5 Å². The summed E-state index contributed by atoms with van der Waals surface area (Å²) in [5.74, 6) is -2.30. The van der Waals surface area contributed by atoms with Crippen LogP contribution in [0.2, 0.25) is 0 Å². The van der Waals surface area contributed by atoms with Gasteiger partial charge >= 0.3 is 5.97 Å². The van der Waals surface area contributed by atoms with Gasteiger partial charge < -0.3 is 30.5 Å². The number of carbonyl (C=O) groups is 2. The van der Waals surface area contributed by atoms with Gasteiger partial charge in [0.1, 0.15) is 0 Å². The highest BCUT2D eigenvalue weighted by atomic mass is 16.6. The van der Waals surface area contributed by atoms with Gasteiger partial charge in [-0.2, -0.15) is 0 Å². The minimum atomic E-state index is -1.41. The lowest BCUT2D eigenvalue weighted by Gasteiger charge is -2.30. The molecule has 0 aliphatic heterocycles. The molecule has 0 bridgehead atoms. The standard InChI is InChI=1S/C21H23NO7/c1-3-20(28)29-21(2,12-14-5-8-16(24)18(26)11-14)22-19(27)9-6-13-4-7-15(23)17(25)10-13/h4-11,23-26H,3,12H2,1-2H3,(H,22,27)/t21-/m0/s1. The molecule has 0 saturated heterocycles. The number of phenolic OH excluding ortho intramolecular Hbond substituents is 4. The molecule has 0 saturated carbocycles. The van der Waals surface area contributed by atoms with Crippen molar-refractivity contribution in [3.63, 3.8) is 0 Å². The number of rotatable bonds is 7. The monoisotopic (exact) mass is 401 g/mol. The number of aromatic hydroxyl groups is 4. The van der Waals surface area contributed by atoms with E-state index in [2.05, 4.69) is 5.32 Å². The van der Waals surface area contributed by atoms with Crippen molar-refractivity contribution in [2.75, 3.05) is 0 Å². The van der Waals surface area contributed by atoms with Gasteiger partial charge in [0.15, 0.2) is 28.7 Å². The van der Waals surface area contributed by atoms with E-state index in [1.807, 2.05) is 0 Å². The normalized spacial score (nSPS) is 13.0. The summed E-state index contributed by atoms with van der Waals surface area (Å²) in [6.45, 7) is 3.14. The molecular weight excluding hydrogens is 378 g/mol. The van der Waals surface area contributed by atoms with Crippen LogP contribution in [0.4, 0.5) is 0 Å². The number of hydrogen-bond acceptors (Lipinski definition) is 7. The highest BCUT2D eigenvalue weighted by Crippen LogP contribution is 2.28. The van der Waals surface area contributed by atoms with Crippen LogP contribution in [0.25, 0.3) is 6.08 Å². The molecule has 2 rings (SSSR count). The molecule has 0 unspecified atom stereocenters. The van der Waals surface area contributed by atoms with E-state index in [9.17, 15) is 30.0 Å². The topological polar surface area (TPSA) is 136 Å². The zero-order valence-electron chi connectivity index (χ0n) is 16.0. The summed E-state index contributed by atoms with van der Waals surface area (Å²) in [6, 6.07) is 8.23. The van der Waals surface area contributed by atoms with Crippen molar-refractivity contribution >= 4 is 18.0 Å². The summed E-state index contributed by atoms with van der Waals surface area (Å²) in [6.07, 6.45) is 2.77. The predicted octanol–water partition coefficient (Wildman–Crippen LogP) is 2.55. The SMILES string of the molecule is CCC(=O)O[C@@](C)(Cc1ccc(O)c(O)c1)NC(=O)C=Cc1ccc(O)c(O)c1. The van der Waals surface area contributed by atoms with E-state index >= 15 is 0 Å². The number of esters is 1. The Balaban J connectivity index is 2.18. The number of ether oxygens (including phenoxy) is 1. The van der Waals surface area contributed by atoms with Gasteiger partial charge in [0.05, 0.1) is 0 Å². The Kier molecular flexibility index (Phi) is 6.71. The van der Waals surface area contributed by atoms with Gasteiger partial charge in [-0.3, -0.25) is 9.59 Å². The van der Waals surface area contributed by atoms with E-state index in [1.54, 1.807) is 6.92 Å². The summed E-state index contributed by atoms with van der Waals surface area (Å²) in [4.78, 5) is 24.2. The van der Waals surface area contributed by atoms with Gasteiger partial charge in [0.25, 0.3) is 0 Å². The summed E-state index contributed by atoms with van der Waals surface area (Å²) >= 11 is 0. The Labute approximate surface area is 167 Å². The molecule has 1 atom stereocenters. The molecule has 5 N–H and O–H groups in total. The summed E-state index contributed by atoms with van der Waals surface area (Å²) < 4.78 is 5.40. The molecule has 2 aromatic rings. The molecule has 154 valence electrons. The average molecular weight is 401 g/mol. The molecule has 0 aromatic heterocycles. The lowest BCUT2D eigenvalue weighted by molar-refractivity contribution is -0.162. The van der Waals surface area contributed by atoms with Gasteiger partial charge in [0.2, 0.25) is 5.91 Å². The van der Waals surface area contributed by atoms with Crippen molar-refractivity contribution in [1.82, 2.24) is 5.32 Å². The lowest BCUT2D eigenvalue weighted by Crippen LogP contribution is -2.50. The molecule has 8 nitrogen and oxygen atoms in total. The molecule has 0 fully saturated rings. The van der Waals surface area contributed by atoms with Crippen LogP contribution in [-0.2, 0) is 20.7 Å². The Morgan fingerprint density at radius 3 is 2.21 bits per heavy atom. The number of phenols is 4. The minimum Gasteiger partial charge on any atom is -0.504 e. The van der Waals surface area contributed by atoms with Crippen molar-refractivity contribution < 1.29 is 34.8 Å². The summed E-state index contributed by atoms with van der Waals surface area (Å²) in [5, 5.41) is 40.5. The van der Waals surface area contributed by atoms with Crippen LogP contribution >= 0.6 is 0 Å². The van der Waals surface area contributed by atoms with E-state index in [4.69, 9.17) is 4.74 Å². The molecule has 2 aromatic carbocycles. The van der Waals surface area contributed by atoms with E-state index in [-0.39, 0.29) is 35.8 Å². The summed E-state index contributed by atoms with van der Waals surface area (Å²) in [7, 11) is 0. The van der Waals surface area contributed by atoms with Crippen molar-refractivity contribution in [2.24, 2.45) is 0 Å². The Morgan fingerprint density at radius 2 is 1.62 bits per heavy atom. The van der Waals surface area contributed by atoms with Crippen LogP contribution in [0.3, 0.4) is 0 Å². The van der Waals surface area contributed by atoms with Crippen molar-refractivity contribution in [1.29, 1.82) is 0 Å². The molecule has 1 amide bonds. The number of hydrogen-bond donors (Lipinski definition) is 5. The van der Waals surface area contributed by atoms with Gasteiger partial charge in [0, 0.05) is 18.9 Å². The van der Waals surface area contributed by atoms with Gasteiger partial charge in [-0.1, -0.05) is 19.1 Å². The van der Waals surface area contributed by atoms with Crippen LogP contribution < -0.4 is 5.32 Å². The van der Waals surface area contributed by atoms with Gasteiger partial charge in [-0.15, -0.1) is 0 Å². The fourth-order valence-corrected chi connectivity index (χ4v) is 2.62. The molecule has 0 heterocycles. The zero-order valence-corrected chi connectivity index (χ0v) is 16.0. The molecule has 8 heteroatoms. The number of benzene rings is 2. The summed E-state index contributed by atoms with van der Waals surface area (Å²) in [5.41, 5.74) is -0.403. The van der Waals surface area contributed by atoms with Crippen molar-refractivity contribution in [3.05, 3.63) is 53.6 Å². The first-order chi connectivity index (χ1) is 13.6. The highest BCUT2D eigenvalue weighted by molar-refractivity contribution is 5.92. The maximum absolute atomic E-state index is 12.4. The van der Waals surface area contributed by atoms with Crippen LogP contribution in [-0.4, -0.2) is 38.0 Å². The highest BCUT2D eigenvalue weighted by Gasteiger charge is 2.30. The van der Waals surface area contributed by atoms with Crippen LogP contribution in [0.5, 0.6) is 23.0 Å². The second-order valence-electron chi connectivity index (χ2n) is 6.63. The van der Waals surface area contributed by atoms with Crippen LogP contribution in [0.1, 0.15) is 31.4 Å². The largest absolute Gasteiger partial charge is 0.504 e. The zero-order chi connectivity index (χ0) is 21.6. The first kappa shape index (κ1) is 21.6. The molecule has 0 aliphatic carbocycles. The Morgan fingerprint density at radius 1 is 1.00 bits per heavy atom. The molecule has 0 radical (unpaired) electrons. The fraction of sp³-hybridized carbons (Fsp3) is 0.238. The fourth-order valence-electron chi connectivity index (χ4n) is 2.62. The maximum atomic E-state index is 12.4. The van der Waals surface area contributed by atoms with E-state index in [0.29, 0.717) is 11.1 Å². The van der Waals surface area contributed by atoms with Crippen molar-refractivity contribution in [2.45, 2.75) is 32.4 Å². The average Bonchev–Trinajstić information content (AvgIpc) is 2.65. The molecule has 29 heavy (non-hydrogen) atoms. The number of nitrogens with one attached hydrogen (secondary N) is 1. The quantitative estimate of drug-likeness (QED) is 0.208. The number of carbonyl (C=O) groups excluding carboxylic acids is 2. The first-order valence-electron chi connectivity index (χ1n) is 8.87. The van der Waals surface area contributed by atoms with E-state index in [0.717, 1.165) is 0 Å². The second kappa shape index (κ2) is 9.01. The predicted molar refractivity (Wildman–Crippen MR) is 105 cm³/mol. The second-order valence-corrected chi connectivity index (χ2v) is 6.63. The van der Waals surface area contributed by atoms with Crippen molar-refractivity contribution in [3.8, 4) is 23.0 Å². The Bertz CT molecular complexity index is 939. The van der Waals surface area contributed by atoms with Gasteiger partial charge in [-0.05, 0) is 48.4 Å². The lowest BCUT2D eigenvalue weighted by atomic mass is 10.0. The minimum absolute atomic E-state index is 0.0478. The molecule has 0 aliphatic rings. The Hall–Kier alpha value is -3.68. The third kappa shape index (κ3) is 6.17. The smallest absolute Gasteiger partial charge is 0.307 e. The van der Waals surface area contributed by atoms with E-state index < -0.39 is 17.6 Å². The first-order valence-corrected chi connectivity index (χ1v) is 8.87. The maximum Gasteiger partial charge on any atom is 0.307 e.